The number of aliphatic carboxylic acids is 1. The minimum Gasteiger partial charge on any atom is -0.493 e. The first kappa shape index (κ1) is 16.1. The molecule has 2 atom stereocenters. The lowest BCUT2D eigenvalue weighted by Gasteiger charge is -2.36. The molecule has 6 heteroatoms. The van der Waals surface area contributed by atoms with Gasteiger partial charge in [0.25, 0.3) is 0 Å². The van der Waals surface area contributed by atoms with E-state index in [9.17, 15) is 9.90 Å². The van der Waals surface area contributed by atoms with Crippen LogP contribution < -0.4 is 9.47 Å². The maximum atomic E-state index is 12.0. The number of nitrogens with zero attached hydrogens (tertiary/aromatic N) is 1. The van der Waals surface area contributed by atoms with Crippen LogP contribution in [0, 0.1) is 5.41 Å². The fourth-order valence-electron chi connectivity index (χ4n) is 3.66. The number of methoxy groups -OCH3 is 1. The molecule has 1 aromatic carbocycles. The number of hydrogen-bond donors (Lipinski definition) is 1. The molecular formula is C17H23NO5. The van der Waals surface area contributed by atoms with Crippen LogP contribution in [0.2, 0.25) is 0 Å². The van der Waals surface area contributed by atoms with Gasteiger partial charge in [0.15, 0.2) is 11.5 Å². The van der Waals surface area contributed by atoms with Crippen molar-refractivity contribution in [1.29, 1.82) is 0 Å². The van der Waals surface area contributed by atoms with E-state index in [1.165, 1.54) is 0 Å². The molecule has 23 heavy (non-hydrogen) atoms. The molecule has 3 rings (SSSR count). The van der Waals surface area contributed by atoms with E-state index in [0.29, 0.717) is 37.8 Å². The summed E-state index contributed by atoms with van der Waals surface area (Å²) in [7, 11) is 1.60. The van der Waals surface area contributed by atoms with E-state index in [1.54, 1.807) is 7.11 Å². The monoisotopic (exact) mass is 321 g/mol. The van der Waals surface area contributed by atoms with Crippen molar-refractivity contribution in [3.05, 3.63) is 23.8 Å². The van der Waals surface area contributed by atoms with Gasteiger partial charge in [-0.15, -0.1) is 0 Å². The summed E-state index contributed by atoms with van der Waals surface area (Å²) < 4.78 is 16.6. The number of benzene rings is 1. The first-order chi connectivity index (χ1) is 11.1. The van der Waals surface area contributed by atoms with Crippen molar-refractivity contribution in [1.82, 2.24) is 4.90 Å². The molecule has 2 heterocycles. The molecule has 0 amide bonds. The van der Waals surface area contributed by atoms with Gasteiger partial charge in [-0.05, 0) is 13.0 Å². The van der Waals surface area contributed by atoms with Crippen molar-refractivity contribution >= 4 is 5.97 Å². The second kappa shape index (κ2) is 6.37. The maximum Gasteiger partial charge on any atom is 0.315 e. The number of rotatable bonds is 6. The number of carbonyl (C=O) groups is 1. The third-order valence-corrected chi connectivity index (χ3v) is 4.87. The summed E-state index contributed by atoms with van der Waals surface area (Å²) in [6, 6.07) is 5.68. The molecule has 2 aliphatic heterocycles. The van der Waals surface area contributed by atoms with Crippen LogP contribution in [0.5, 0.6) is 11.5 Å². The van der Waals surface area contributed by atoms with Crippen LogP contribution in [0.25, 0.3) is 0 Å². The molecule has 126 valence electrons. The van der Waals surface area contributed by atoms with Crippen molar-refractivity contribution in [2.45, 2.75) is 12.8 Å². The molecule has 6 nitrogen and oxygen atoms in total. The van der Waals surface area contributed by atoms with Gasteiger partial charge in [0.05, 0.1) is 13.7 Å². The summed E-state index contributed by atoms with van der Waals surface area (Å²) in [5, 5.41) is 9.87. The van der Waals surface area contributed by atoms with Gasteiger partial charge >= 0.3 is 5.97 Å². The minimum absolute atomic E-state index is 0.0968. The Balaban J connectivity index is 1.91. The van der Waals surface area contributed by atoms with E-state index >= 15 is 0 Å². The smallest absolute Gasteiger partial charge is 0.315 e. The molecule has 2 aliphatic rings. The zero-order valence-electron chi connectivity index (χ0n) is 13.6. The third kappa shape index (κ3) is 2.66. The maximum absolute atomic E-state index is 12.0. The number of fused-ring (bicyclic) bond motifs is 3. The predicted molar refractivity (Wildman–Crippen MR) is 84.2 cm³/mol. The van der Waals surface area contributed by atoms with E-state index in [2.05, 4.69) is 4.90 Å². The molecule has 0 radical (unpaired) electrons. The second-order valence-corrected chi connectivity index (χ2v) is 6.11. The minimum atomic E-state index is -0.897. The Hall–Kier alpha value is -1.79. The van der Waals surface area contributed by atoms with Crippen molar-refractivity contribution in [2.24, 2.45) is 5.41 Å². The van der Waals surface area contributed by atoms with E-state index in [1.807, 2.05) is 25.1 Å². The average molecular weight is 321 g/mol. The summed E-state index contributed by atoms with van der Waals surface area (Å²) >= 11 is 0. The highest BCUT2D eigenvalue weighted by molar-refractivity contribution is 5.78. The lowest BCUT2D eigenvalue weighted by molar-refractivity contribution is -0.152. The predicted octanol–water partition coefficient (Wildman–Crippen LogP) is 1.59. The molecule has 0 aromatic heterocycles. The highest BCUT2D eigenvalue weighted by atomic mass is 16.5. The summed E-state index contributed by atoms with van der Waals surface area (Å²) in [5.74, 6) is 0.452. The van der Waals surface area contributed by atoms with Crippen LogP contribution in [-0.2, 0) is 9.53 Å². The topological polar surface area (TPSA) is 68.2 Å². The lowest BCUT2D eigenvalue weighted by atomic mass is 9.73. The van der Waals surface area contributed by atoms with Gasteiger partial charge in [-0.2, -0.15) is 0 Å². The Kier molecular flexibility index (Phi) is 4.46. The third-order valence-electron chi connectivity index (χ3n) is 4.87. The molecule has 0 spiro atoms. The molecule has 1 saturated heterocycles. The van der Waals surface area contributed by atoms with Crippen molar-refractivity contribution in [3.63, 3.8) is 0 Å². The molecule has 0 aliphatic carbocycles. The summed E-state index contributed by atoms with van der Waals surface area (Å²) in [5.41, 5.74) is 0.0305. The average Bonchev–Trinajstić information content (AvgIpc) is 2.95. The zero-order chi connectivity index (χ0) is 16.4. The van der Waals surface area contributed by atoms with E-state index in [0.717, 1.165) is 12.1 Å². The first-order valence-electron chi connectivity index (χ1n) is 7.95. The van der Waals surface area contributed by atoms with Crippen LogP contribution >= 0.6 is 0 Å². The fourth-order valence-corrected chi connectivity index (χ4v) is 3.66. The summed E-state index contributed by atoms with van der Waals surface area (Å²) in [6.07, 6.45) is 0. The fraction of sp³-hybridized carbons (Fsp3) is 0.588. The summed E-state index contributed by atoms with van der Waals surface area (Å²) in [4.78, 5) is 14.2. The van der Waals surface area contributed by atoms with Gasteiger partial charge in [0.2, 0.25) is 0 Å². The molecule has 1 fully saturated rings. The summed E-state index contributed by atoms with van der Waals surface area (Å²) in [6.45, 7) is 5.33. The van der Waals surface area contributed by atoms with Gasteiger partial charge < -0.3 is 19.3 Å². The van der Waals surface area contributed by atoms with Gasteiger partial charge in [0.1, 0.15) is 12.0 Å². The highest BCUT2D eigenvalue weighted by Crippen LogP contribution is 2.52. The Morgan fingerprint density at radius 3 is 3.04 bits per heavy atom. The van der Waals surface area contributed by atoms with E-state index < -0.39 is 11.4 Å². The van der Waals surface area contributed by atoms with Crippen molar-refractivity contribution in [2.75, 3.05) is 46.6 Å². The Bertz CT molecular complexity index is 590. The highest BCUT2D eigenvalue weighted by Gasteiger charge is 2.56. The second-order valence-electron chi connectivity index (χ2n) is 6.11. The number of hydrogen-bond acceptors (Lipinski definition) is 5. The first-order valence-corrected chi connectivity index (χ1v) is 7.95. The number of para-hydroxylation sites is 1. The Labute approximate surface area is 135 Å². The number of ether oxygens (including phenoxy) is 3. The normalized spacial score (nSPS) is 26.3. The molecule has 0 unspecified atom stereocenters. The molecule has 0 bridgehead atoms. The van der Waals surface area contributed by atoms with E-state index in [4.69, 9.17) is 14.2 Å². The standard InChI is InChI=1S/C17H23NO5/c1-3-22-8-7-18-9-13-12-5-4-6-14(21-2)15(12)23-11-17(13,10-18)16(19)20/h4-6,13H,3,7-11H2,1-2H3,(H,19,20)/t13-,17-/m1/s1. The zero-order valence-corrected chi connectivity index (χ0v) is 13.6. The van der Waals surface area contributed by atoms with Crippen molar-refractivity contribution < 1.29 is 24.1 Å². The van der Waals surface area contributed by atoms with Crippen molar-refractivity contribution in [3.8, 4) is 11.5 Å². The lowest BCUT2D eigenvalue weighted by Crippen LogP contribution is -2.45. The van der Waals surface area contributed by atoms with Gasteiger partial charge in [0, 0.05) is 37.7 Å². The number of carboxylic acids is 1. The number of carboxylic acid groups (broad SMARTS) is 1. The van der Waals surface area contributed by atoms with Crippen LogP contribution in [0.4, 0.5) is 0 Å². The van der Waals surface area contributed by atoms with Gasteiger partial charge in [-0.1, -0.05) is 12.1 Å². The number of likely N-dealkylation sites (tertiary alicyclic amines) is 1. The largest absolute Gasteiger partial charge is 0.493 e. The van der Waals surface area contributed by atoms with Gasteiger partial charge in [-0.25, -0.2) is 0 Å². The quantitative estimate of drug-likeness (QED) is 0.803. The van der Waals surface area contributed by atoms with Gasteiger partial charge in [-0.3, -0.25) is 9.69 Å². The van der Waals surface area contributed by atoms with Crippen LogP contribution in [0.1, 0.15) is 18.4 Å². The van der Waals surface area contributed by atoms with Crippen LogP contribution in [0.3, 0.4) is 0 Å². The van der Waals surface area contributed by atoms with E-state index in [-0.39, 0.29) is 12.5 Å². The molecule has 1 N–H and O–H groups in total. The molecule has 0 saturated carbocycles. The molecule has 1 aromatic rings. The van der Waals surface area contributed by atoms with Crippen LogP contribution in [0.15, 0.2) is 18.2 Å². The van der Waals surface area contributed by atoms with Crippen LogP contribution in [-0.4, -0.2) is 62.5 Å². The Morgan fingerprint density at radius 1 is 1.52 bits per heavy atom. The molecular weight excluding hydrogens is 298 g/mol. The SMILES string of the molecule is CCOCCN1C[C@@H]2c3cccc(OC)c3OC[C@]2(C(=O)O)C1. The Morgan fingerprint density at radius 2 is 2.35 bits per heavy atom.